The Morgan fingerprint density at radius 1 is 1.25 bits per heavy atom. The molecule has 0 N–H and O–H groups in total. The third-order valence-electron chi connectivity index (χ3n) is 3.40. The van der Waals surface area contributed by atoms with E-state index < -0.39 is 5.60 Å². The van der Waals surface area contributed by atoms with E-state index in [4.69, 9.17) is 9.47 Å². The summed E-state index contributed by atoms with van der Waals surface area (Å²) < 4.78 is 10.9. The highest BCUT2D eigenvalue weighted by atomic mass is 32.2. The average molecular weight is 354 g/mol. The van der Waals surface area contributed by atoms with Crippen molar-refractivity contribution in [2.45, 2.75) is 38.5 Å². The molecule has 0 radical (unpaired) electrons. The van der Waals surface area contributed by atoms with Crippen molar-refractivity contribution in [1.29, 1.82) is 0 Å². The van der Waals surface area contributed by atoms with Crippen molar-refractivity contribution < 1.29 is 14.3 Å². The van der Waals surface area contributed by atoms with Gasteiger partial charge in [0.15, 0.2) is 5.16 Å². The van der Waals surface area contributed by atoms with Crippen molar-refractivity contribution in [3.63, 3.8) is 0 Å². The molecule has 0 saturated carbocycles. The Labute approximate surface area is 147 Å². The molecular formula is C16H26N4O3S. The van der Waals surface area contributed by atoms with Gasteiger partial charge in [-0.2, -0.15) is 4.98 Å². The maximum absolute atomic E-state index is 12.1. The number of aromatic nitrogens is 2. The van der Waals surface area contributed by atoms with Crippen LogP contribution in [0.25, 0.3) is 0 Å². The van der Waals surface area contributed by atoms with Gasteiger partial charge >= 0.3 is 6.09 Å². The molecule has 0 aliphatic carbocycles. The van der Waals surface area contributed by atoms with Crippen LogP contribution >= 0.6 is 11.8 Å². The first-order chi connectivity index (χ1) is 11.3. The number of piperazine rings is 1. The lowest BCUT2D eigenvalue weighted by Crippen LogP contribution is -2.50. The first-order valence-corrected chi connectivity index (χ1v) is 9.33. The van der Waals surface area contributed by atoms with Crippen LogP contribution in [0.2, 0.25) is 0 Å². The number of ether oxygens (including phenoxy) is 2. The molecule has 0 spiro atoms. The summed E-state index contributed by atoms with van der Waals surface area (Å²) >= 11 is 1.49. The van der Waals surface area contributed by atoms with E-state index in [0.717, 1.165) is 5.82 Å². The fourth-order valence-electron chi connectivity index (χ4n) is 2.31. The van der Waals surface area contributed by atoms with Crippen LogP contribution in [0.15, 0.2) is 11.2 Å². The zero-order chi connectivity index (χ0) is 17.7. The lowest BCUT2D eigenvalue weighted by Gasteiger charge is -2.36. The van der Waals surface area contributed by atoms with Gasteiger partial charge in [0.1, 0.15) is 11.4 Å². The summed E-state index contributed by atoms with van der Waals surface area (Å²) in [6.45, 7) is 10.8. The fourth-order valence-corrected chi connectivity index (χ4v) is 2.68. The Kier molecular flexibility index (Phi) is 6.15. The monoisotopic (exact) mass is 354 g/mol. The lowest BCUT2D eigenvalue weighted by atomic mass is 10.2. The number of carbonyl (C=O) groups excluding carboxylic acids is 1. The molecule has 0 unspecified atom stereocenters. The molecule has 1 aromatic heterocycles. The number of carbonyl (C=O) groups is 1. The molecule has 134 valence electrons. The van der Waals surface area contributed by atoms with Crippen LogP contribution < -0.4 is 9.64 Å². The van der Waals surface area contributed by atoms with E-state index in [-0.39, 0.29) is 6.09 Å². The normalized spacial score (nSPS) is 15.4. The molecule has 8 heteroatoms. The zero-order valence-electron chi connectivity index (χ0n) is 15.0. The molecule has 2 heterocycles. The zero-order valence-corrected chi connectivity index (χ0v) is 15.9. The minimum atomic E-state index is -0.472. The highest BCUT2D eigenvalue weighted by Crippen LogP contribution is 2.23. The Hall–Kier alpha value is -1.70. The maximum atomic E-state index is 12.1. The number of hydrogen-bond acceptors (Lipinski definition) is 7. The van der Waals surface area contributed by atoms with Crippen LogP contribution in [-0.4, -0.2) is 65.6 Å². The van der Waals surface area contributed by atoms with Crippen molar-refractivity contribution in [1.82, 2.24) is 14.9 Å². The van der Waals surface area contributed by atoms with Crippen molar-refractivity contribution in [2.24, 2.45) is 0 Å². The molecule has 24 heavy (non-hydrogen) atoms. The van der Waals surface area contributed by atoms with Crippen molar-refractivity contribution >= 4 is 23.7 Å². The van der Waals surface area contributed by atoms with Crippen LogP contribution in [0.5, 0.6) is 5.88 Å². The van der Waals surface area contributed by atoms with Gasteiger partial charge in [0.25, 0.3) is 0 Å². The highest BCUT2D eigenvalue weighted by molar-refractivity contribution is 7.98. The molecule has 1 fully saturated rings. The molecule has 0 aromatic carbocycles. The summed E-state index contributed by atoms with van der Waals surface area (Å²) in [5.74, 6) is 1.42. The van der Waals surface area contributed by atoms with Crippen molar-refractivity contribution in [2.75, 3.05) is 43.9 Å². The second-order valence-corrected chi connectivity index (χ2v) is 7.21. The van der Waals surface area contributed by atoms with Crippen LogP contribution in [0.3, 0.4) is 0 Å². The molecule has 1 saturated heterocycles. The van der Waals surface area contributed by atoms with Gasteiger partial charge in [-0.3, -0.25) is 0 Å². The third kappa shape index (κ3) is 5.15. The molecule has 7 nitrogen and oxygen atoms in total. The van der Waals surface area contributed by atoms with Gasteiger partial charge in [-0.15, -0.1) is 0 Å². The summed E-state index contributed by atoms with van der Waals surface area (Å²) in [4.78, 5) is 24.9. The molecule has 0 bridgehead atoms. The first-order valence-electron chi connectivity index (χ1n) is 8.11. The molecular weight excluding hydrogens is 328 g/mol. The standard InChI is InChI=1S/C16H26N4O3S/c1-6-22-13-11-12(17-14(18-13)24-5)19-7-9-20(10-8-19)15(21)23-16(2,3)4/h11H,6-10H2,1-5H3. The van der Waals surface area contributed by atoms with Crippen LogP contribution in [0, 0.1) is 0 Å². The molecule has 2 rings (SSSR count). The van der Waals surface area contributed by atoms with Crippen LogP contribution in [0.1, 0.15) is 27.7 Å². The van der Waals surface area contributed by atoms with E-state index in [1.165, 1.54) is 11.8 Å². The van der Waals surface area contributed by atoms with Gasteiger partial charge in [-0.05, 0) is 34.0 Å². The summed E-state index contributed by atoms with van der Waals surface area (Å²) in [5, 5.41) is 0.686. The maximum Gasteiger partial charge on any atom is 0.410 e. The topological polar surface area (TPSA) is 67.8 Å². The van der Waals surface area contributed by atoms with Gasteiger partial charge in [0, 0.05) is 32.2 Å². The van der Waals surface area contributed by atoms with E-state index in [1.807, 2.05) is 40.0 Å². The molecule has 1 aliphatic heterocycles. The summed E-state index contributed by atoms with van der Waals surface area (Å²) in [6, 6.07) is 1.85. The van der Waals surface area contributed by atoms with Crippen LogP contribution in [-0.2, 0) is 4.74 Å². The third-order valence-corrected chi connectivity index (χ3v) is 3.95. The van der Waals surface area contributed by atoms with Crippen molar-refractivity contribution in [3.8, 4) is 5.88 Å². The molecule has 1 amide bonds. The largest absolute Gasteiger partial charge is 0.478 e. The quantitative estimate of drug-likeness (QED) is 0.608. The van der Waals surface area contributed by atoms with E-state index in [0.29, 0.717) is 43.8 Å². The SMILES string of the molecule is CCOc1cc(N2CCN(C(=O)OC(C)(C)C)CC2)nc(SC)n1. The van der Waals surface area contributed by atoms with E-state index in [1.54, 1.807) is 4.90 Å². The van der Waals surface area contributed by atoms with Gasteiger partial charge < -0.3 is 19.3 Å². The Morgan fingerprint density at radius 2 is 1.92 bits per heavy atom. The lowest BCUT2D eigenvalue weighted by molar-refractivity contribution is 0.0240. The Balaban J connectivity index is 2.01. The average Bonchev–Trinajstić information content (AvgIpc) is 2.53. The predicted octanol–water partition coefficient (Wildman–Crippen LogP) is 2.65. The fraction of sp³-hybridized carbons (Fsp3) is 0.688. The minimum Gasteiger partial charge on any atom is -0.478 e. The number of hydrogen-bond donors (Lipinski definition) is 0. The molecule has 1 aliphatic rings. The Bertz CT molecular complexity index is 569. The number of nitrogens with zero attached hydrogens (tertiary/aromatic N) is 4. The van der Waals surface area contributed by atoms with E-state index in [2.05, 4.69) is 14.9 Å². The number of anilines is 1. The first kappa shape index (κ1) is 18.6. The summed E-state index contributed by atoms with van der Waals surface area (Å²) in [7, 11) is 0. The van der Waals surface area contributed by atoms with Gasteiger partial charge in [-0.25, -0.2) is 9.78 Å². The number of rotatable bonds is 4. The summed E-state index contributed by atoms with van der Waals surface area (Å²) in [5.41, 5.74) is -0.472. The van der Waals surface area contributed by atoms with Gasteiger partial charge in [-0.1, -0.05) is 11.8 Å². The smallest absolute Gasteiger partial charge is 0.410 e. The highest BCUT2D eigenvalue weighted by Gasteiger charge is 2.26. The van der Waals surface area contributed by atoms with Gasteiger partial charge in [0.2, 0.25) is 5.88 Å². The molecule has 0 atom stereocenters. The minimum absolute atomic E-state index is 0.260. The Morgan fingerprint density at radius 3 is 2.46 bits per heavy atom. The second-order valence-electron chi connectivity index (χ2n) is 6.44. The van der Waals surface area contributed by atoms with Crippen LogP contribution in [0.4, 0.5) is 10.6 Å². The molecule has 1 aromatic rings. The predicted molar refractivity (Wildman–Crippen MR) is 95.0 cm³/mol. The van der Waals surface area contributed by atoms with Gasteiger partial charge in [0.05, 0.1) is 6.61 Å². The van der Waals surface area contributed by atoms with E-state index >= 15 is 0 Å². The van der Waals surface area contributed by atoms with Crippen molar-refractivity contribution in [3.05, 3.63) is 6.07 Å². The second kappa shape index (κ2) is 7.92. The summed E-state index contributed by atoms with van der Waals surface area (Å²) in [6.07, 6.45) is 1.68. The number of thioether (sulfide) groups is 1. The van der Waals surface area contributed by atoms with E-state index in [9.17, 15) is 4.79 Å². The number of amides is 1.